The predicted molar refractivity (Wildman–Crippen MR) is 75.9 cm³/mol. The Hall–Kier alpha value is -0.640. The molecule has 1 aromatic carbocycles. The highest BCUT2D eigenvalue weighted by Gasteiger charge is 2.30. The van der Waals surface area contributed by atoms with Gasteiger partial charge in [-0.05, 0) is 31.0 Å². The van der Waals surface area contributed by atoms with Crippen molar-refractivity contribution in [2.24, 2.45) is 5.73 Å². The van der Waals surface area contributed by atoms with Crippen LogP contribution >= 0.6 is 22.9 Å². The number of hydrogen-bond donors (Lipinski definition) is 1. The molecule has 1 aromatic heterocycles. The fourth-order valence-corrected chi connectivity index (χ4v) is 3.64. The van der Waals surface area contributed by atoms with Crippen LogP contribution in [-0.4, -0.2) is 11.5 Å². The van der Waals surface area contributed by atoms with Crippen molar-refractivity contribution in [3.05, 3.63) is 28.2 Å². The Balaban J connectivity index is 2.55. The van der Waals surface area contributed by atoms with E-state index in [0.29, 0.717) is 6.54 Å². The highest BCUT2D eigenvalue weighted by molar-refractivity contribution is 7.18. The van der Waals surface area contributed by atoms with Gasteiger partial charge in [-0.15, -0.1) is 11.3 Å². The van der Waals surface area contributed by atoms with E-state index >= 15 is 0 Å². The number of aromatic nitrogens is 1. The molecule has 0 bridgehead atoms. The summed E-state index contributed by atoms with van der Waals surface area (Å²) in [6, 6.07) is 5.84. The Morgan fingerprint density at radius 3 is 2.65 bits per heavy atom. The Morgan fingerprint density at radius 2 is 2.06 bits per heavy atom. The largest absolute Gasteiger partial charge is 0.329 e. The molecular weight excluding hydrogens is 252 g/mol. The summed E-state index contributed by atoms with van der Waals surface area (Å²) in [5.41, 5.74) is 7.00. The molecule has 1 heterocycles. The Kier molecular flexibility index (Phi) is 3.71. The number of halogens is 1. The van der Waals surface area contributed by atoms with Gasteiger partial charge in [0.05, 0.1) is 10.2 Å². The van der Waals surface area contributed by atoms with E-state index in [1.54, 1.807) is 11.3 Å². The van der Waals surface area contributed by atoms with Crippen LogP contribution in [0.15, 0.2) is 18.2 Å². The maximum atomic E-state index is 6.00. The number of hydrogen-bond acceptors (Lipinski definition) is 3. The van der Waals surface area contributed by atoms with E-state index < -0.39 is 0 Å². The second-order valence-corrected chi connectivity index (χ2v) is 5.79. The van der Waals surface area contributed by atoms with Crippen LogP contribution in [0.1, 0.15) is 31.7 Å². The van der Waals surface area contributed by atoms with Crippen LogP contribution in [0.25, 0.3) is 10.2 Å². The summed E-state index contributed by atoms with van der Waals surface area (Å²) in [7, 11) is 0. The zero-order valence-corrected chi connectivity index (χ0v) is 11.7. The van der Waals surface area contributed by atoms with Crippen LogP contribution in [0.5, 0.6) is 0 Å². The fraction of sp³-hybridized carbons (Fsp3) is 0.462. The summed E-state index contributed by atoms with van der Waals surface area (Å²) in [5.74, 6) is 0. The summed E-state index contributed by atoms with van der Waals surface area (Å²) in [6.07, 6.45) is 2.04. The van der Waals surface area contributed by atoms with Gasteiger partial charge in [0.15, 0.2) is 0 Å². The molecule has 0 saturated heterocycles. The Bertz CT molecular complexity index is 509. The van der Waals surface area contributed by atoms with Crippen molar-refractivity contribution in [1.82, 2.24) is 4.98 Å². The first-order chi connectivity index (χ1) is 8.15. The summed E-state index contributed by atoms with van der Waals surface area (Å²) in [6.45, 7) is 5.00. The molecule has 92 valence electrons. The minimum atomic E-state index is 0.0240. The van der Waals surface area contributed by atoms with Crippen LogP contribution < -0.4 is 5.73 Å². The standard InChI is InChI=1S/C13H17ClN2S/c1-3-13(4-2,8-15)12-16-10-6-5-9(14)7-11(10)17-12/h5-7H,3-4,8,15H2,1-2H3. The van der Waals surface area contributed by atoms with E-state index in [1.807, 2.05) is 18.2 Å². The number of nitrogens with zero attached hydrogens (tertiary/aromatic N) is 1. The number of rotatable bonds is 4. The summed E-state index contributed by atoms with van der Waals surface area (Å²) >= 11 is 7.71. The zero-order valence-electron chi connectivity index (χ0n) is 10.2. The molecule has 2 aromatic rings. The molecule has 0 aliphatic carbocycles. The van der Waals surface area contributed by atoms with Crippen molar-refractivity contribution in [2.75, 3.05) is 6.54 Å². The molecule has 0 fully saturated rings. The molecule has 17 heavy (non-hydrogen) atoms. The van der Waals surface area contributed by atoms with Crippen molar-refractivity contribution in [2.45, 2.75) is 32.1 Å². The second kappa shape index (κ2) is 4.92. The zero-order chi connectivity index (χ0) is 12.5. The normalized spacial score (nSPS) is 12.2. The molecule has 2 N–H and O–H groups in total. The van der Waals surface area contributed by atoms with Gasteiger partial charge in [0.25, 0.3) is 0 Å². The number of fused-ring (bicyclic) bond motifs is 1. The topological polar surface area (TPSA) is 38.9 Å². The molecule has 0 aliphatic heterocycles. The lowest BCUT2D eigenvalue weighted by atomic mass is 9.83. The number of benzene rings is 1. The average Bonchev–Trinajstić information content (AvgIpc) is 2.75. The predicted octanol–water partition coefficient (Wildman–Crippen LogP) is 3.97. The van der Waals surface area contributed by atoms with Crippen LogP contribution in [0, 0.1) is 0 Å². The molecule has 0 spiro atoms. The second-order valence-electron chi connectivity index (χ2n) is 4.32. The average molecular weight is 269 g/mol. The van der Waals surface area contributed by atoms with Gasteiger partial charge in [0.2, 0.25) is 0 Å². The molecule has 0 unspecified atom stereocenters. The molecule has 0 atom stereocenters. The first-order valence-corrected chi connectivity index (χ1v) is 7.11. The van der Waals surface area contributed by atoms with Crippen LogP contribution in [0.4, 0.5) is 0 Å². The quantitative estimate of drug-likeness (QED) is 0.911. The van der Waals surface area contributed by atoms with Gasteiger partial charge in [0, 0.05) is 17.0 Å². The van der Waals surface area contributed by atoms with E-state index in [0.717, 1.165) is 33.1 Å². The summed E-state index contributed by atoms with van der Waals surface area (Å²) in [4.78, 5) is 4.72. The van der Waals surface area contributed by atoms with Gasteiger partial charge in [0.1, 0.15) is 5.01 Å². The molecule has 0 saturated carbocycles. The van der Waals surface area contributed by atoms with Crippen molar-refractivity contribution in [3.63, 3.8) is 0 Å². The van der Waals surface area contributed by atoms with Crippen molar-refractivity contribution in [3.8, 4) is 0 Å². The molecule has 4 heteroatoms. The molecule has 0 amide bonds. The lowest BCUT2D eigenvalue weighted by molar-refractivity contribution is 0.405. The molecule has 0 radical (unpaired) electrons. The monoisotopic (exact) mass is 268 g/mol. The highest BCUT2D eigenvalue weighted by atomic mass is 35.5. The summed E-state index contributed by atoms with van der Waals surface area (Å²) in [5, 5.41) is 1.90. The molecule has 0 aliphatic rings. The van der Waals surface area contributed by atoms with Gasteiger partial charge in [-0.25, -0.2) is 4.98 Å². The van der Waals surface area contributed by atoms with Crippen molar-refractivity contribution >= 4 is 33.2 Å². The van der Waals surface area contributed by atoms with E-state index in [4.69, 9.17) is 22.3 Å². The van der Waals surface area contributed by atoms with Crippen LogP contribution in [0.2, 0.25) is 5.02 Å². The minimum absolute atomic E-state index is 0.0240. The van der Waals surface area contributed by atoms with Gasteiger partial charge >= 0.3 is 0 Å². The van der Waals surface area contributed by atoms with Crippen molar-refractivity contribution < 1.29 is 0 Å². The first-order valence-electron chi connectivity index (χ1n) is 5.92. The minimum Gasteiger partial charge on any atom is -0.329 e. The third-order valence-corrected chi connectivity index (χ3v) is 5.05. The van der Waals surface area contributed by atoms with Crippen LogP contribution in [-0.2, 0) is 5.41 Å². The van der Waals surface area contributed by atoms with Crippen molar-refractivity contribution in [1.29, 1.82) is 0 Å². The lowest BCUT2D eigenvalue weighted by Crippen LogP contribution is -2.33. The molecule has 2 nitrogen and oxygen atoms in total. The number of nitrogens with two attached hydrogens (primary N) is 1. The third-order valence-electron chi connectivity index (χ3n) is 3.55. The van der Waals surface area contributed by atoms with E-state index in [1.165, 1.54) is 0 Å². The lowest BCUT2D eigenvalue weighted by Gasteiger charge is -2.27. The van der Waals surface area contributed by atoms with E-state index in [-0.39, 0.29) is 5.41 Å². The molecule has 2 rings (SSSR count). The maximum Gasteiger partial charge on any atom is 0.101 e. The fourth-order valence-electron chi connectivity index (χ4n) is 2.05. The highest BCUT2D eigenvalue weighted by Crippen LogP contribution is 2.36. The van der Waals surface area contributed by atoms with E-state index in [9.17, 15) is 0 Å². The first kappa shape index (κ1) is 12.8. The molecular formula is C13H17ClN2S. The Morgan fingerprint density at radius 1 is 1.35 bits per heavy atom. The van der Waals surface area contributed by atoms with Crippen LogP contribution in [0.3, 0.4) is 0 Å². The Labute approximate surface area is 111 Å². The van der Waals surface area contributed by atoms with E-state index in [2.05, 4.69) is 13.8 Å². The van der Waals surface area contributed by atoms with Gasteiger partial charge in [-0.2, -0.15) is 0 Å². The summed E-state index contributed by atoms with van der Waals surface area (Å²) < 4.78 is 1.15. The SMILES string of the molecule is CCC(CC)(CN)c1nc2ccc(Cl)cc2s1. The van der Waals surface area contributed by atoms with Gasteiger partial charge in [-0.1, -0.05) is 25.4 Å². The maximum absolute atomic E-state index is 6.00. The third kappa shape index (κ3) is 2.19. The van der Waals surface area contributed by atoms with Gasteiger partial charge in [-0.3, -0.25) is 0 Å². The smallest absolute Gasteiger partial charge is 0.101 e. The number of thiazole rings is 1. The van der Waals surface area contributed by atoms with Gasteiger partial charge < -0.3 is 5.73 Å².